The smallest absolute Gasteiger partial charge is 0.254 e. The van der Waals surface area contributed by atoms with Gasteiger partial charge in [0, 0.05) is 24.9 Å². The number of rotatable bonds is 7. The third kappa shape index (κ3) is 4.60. The number of primary amides is 1. The number of anilines is 2. The van der Waals surface area contributed by atoms with Crippen LogP contribution in [-0.4, -0.2) is 40.7 Å². The molecule has 2 aliphatic rings. The minimum atomic E-state index is -0.501. The molecule has 3 rings (SSSR count). The SMILES string of the molecule is CCO[C@H]1CC[C@H](Nc2ncc(C(N)=O)c(N[C@H]3C[C@@H](C)C3)n2)CC1. The van der Waals surface area contributed by atoms with Crippen LogP contribution in [0.15, 0.2) is 6.20 Å². The fourth-order valence-corrected chi connectivity index (χ4v) is 3.75. The Hall–Kier alpha value is -1.89. The van der Waals surface area contributed by atoms with E-state index in [0.717, 1.165) is 51.0 Å². The molecule has 0 aliphatic heterocycles. The average molecular weight is 347 g/mol. The topological polar surface area (TPSA) is 102 Å². The molecule has 4 N–H and O–H groups in total. The maximum Gasteiger partial charge on any atom is 0.254 e. The minimum Gasteiger partial charge on any atom is -0.379 e. The highest BCUT2D eigenvalue weighted by Gasteiger charge is 2.27. The summed E-state index contributed by atoms with van der Waals surface area (Å²) in [6, 6.07) is 0.699. The second-order valence-electron chi connectivity index (χ2n) is 7.31. The van der Waals surface area contributed by atoms with Crippen molar-refractivity contribution < 1.29 is 9.53 Å². The molecule has 25 heavy (non-hydrogen) atoms. The van der Waals surface area contributed by atoms with Gasteiger partial charge in [-0.05, 0) is 51.4 Å². The van der Waals surface area contributed by atoms with Gasteiger partial charge in [-0.3, -0.25) is 4.79 Å². The summed E-state index contributed by atoms with van der Waals surface area (Å²) in [4.78, 5) is 20.4. The fourth-order valence-electron chi connectivity index (χ4n) is 3.75. The summed E-state index contributed by atoms with van der Waals surface area (Å²) < 4.78 is 5.69. The van der Waals surface area contributed by atoms with Crippen molar-refractivity contribution in [3.8, 4) is 0 Å². The molecule has 0 unspecified atom stereocenters. The highest BCUT2D eigenvalue weighted by molar-refractivity contribution is 5.97. The van der Waals surface area contributed by atoms with Crippen molar-refractivity contribution >= 4 is 17.7 Å². The Bertz CT molecular complexity index is 595. The second kappa shape index (κ2) is 7.99. The Kier molecular flexibility index (Phi) is 5.73. The van der Waals surface area contributed by atoms with Gasteiger partial charge in [0.25, 0.3) is 5.91 Å². The molecule has 1 aromatic rings. The van der Waals surface area contributed by atoms with Gasteiger partial charge in [-0.1, -0.05) is 6.92 Å². The van der Waals surface area contributed by atoms with E-state index < -0.39 is 5.91 Å². The minimum absolute atomic E-state index is 0.340. The van der Waals surface area contributed by atoms with Crippen LogP contribution >= 0.6 is 0 Å². The average Bonchev–Trinajstić information content (AvgIpc) is 2.55. The van der Waals surface area contributed by atoms with Crippen molar-refractivity contribution in [2.24, 2.45) is 11.7 Å². The van der Waals surface area contributed by atoms with Crippen LogP contribution in [0.3, 0.4) is 0 Å². The van der Waals surface area contributed by atoms with E-state index in [4.69, 9.17) is 10.5 Å². The van der Waals surface area contributed by atoms with Crippen molar-refractivity contribution in [2.75, 3.05) is 17.2 Å². The van der Waals surface area contributed by atoms with Gasteiger partial charge in [-0.15, -0.1) is 0 Å². The molecular weight excluding hydrogens is 318 g/mol. The molecule has 0 saturated heterocycles. The van der Waals surface area contributed by atoms with Crippen LogP contribution in [0.4, 0.5) is 11.8 Å². The molecule has 0 atom stereocenters. The van der Waals surface area contributed by atoms with Gasteiger partial charge in [0.05, 0.1) is 11.7 Å². The molecule has 2 fully saturated rings. The molecule has 0 aromatic carbocycles. The molecule has 2 saturated carbocycles. The maximum absolute atomic E-state index is 11.6. The van der Waals surface area contributed by atoms with E-state index in [9.17, 15) is 4.79 Å². The predicted octanol–water partition coefficient (Wildman–Crippen LogP) is 2.55. The Morgan fingerprint density at radius 2 is 1.96 bits per heavy atom. The zero-order valence-corrected chi connectivity index (χ0v) is 15.1. The summed E-state index contributed by atoms with van der Waals surface area (Å²) in [6.07, 6.45) is 8.25. The molecule has 1 aromatic heterocycles. The molecule has 0 bridgehead atoms. The molecule has 1 amide bonds. The van der Waals surface area contributed by atoms with Gasteiger partial charge >= 0.3 is 0 Å². The number of ether oxygens (including phenoxy) is 1. The summed E-state index contributed by atoms with van der Waals surface area (Å²) in [5.41, 5.74) is 5.81. The number of amides is 1. The largest absolute Gasteiger partial charge is 0.379 e. The zero-order chi connectivity index (χ0) is 17.8. The summed E-state index contributed by atoms with van der Waals surface area (Å²) in [5.74, 6) is 1.32. The number of hydrogen-bond donors (Lipinski definition) is 3. The standard InChI is InChI=1S/C18H29N5O2/c1-3-25-14-6-4-12(5-7-14)22-18-20-10-15(16(19)24)17(23-18)21-13-8-11(2)9-13/h10-14H,3-9H2,1-2H3,(H2,19,24)(H2,20,21,22,23)/t11-,12-,13+,14-. The Morgan fingerprint density at radius 3 is 2.56 bits per heavy atom. The van der Waals surface area contributed by atoms with E-state index in [0.29, 0.717) is 35.5 Å². The van der Waals surface area contributed by atoms with E-state index in [1.54, 1.807) is 0 Å². The lowest BCUT2D eigenvalue weighted by molar-refractivity contribution is 0.0346. The Labute approximate surface area is 149 Å². The molecule has 7 heteroatoms. The van der Waals surface area contributed by atoms with Gasteiger partial charge < -0.3 is 21.1 Å². The van der Waals surface area contributed by atoms with Crippen molar-refractivity contribution in [3.63, 3.8) is 0 Å². The van der Waals surface area contributed by atoms with Crippen LogP contribution in [0.25, 0.3) is 0 Å². The normalized spacial score (nSPS) is 28.9. The summed E-state index contributed by atoms with van der Waals surface area (Å²) in [7, 11) is 0. The van der Waals surface area contributed by atoms with Gasteiger partial charge in [0.15, 0.2) is 0 Å². The number of hydrogen-bond acceptors (Lipinski definition) is 6. The van der Waals surface area contributed by atoms with Crippen LogP contribution in [0.2, 0.25) is 0 Å². The van der Waals surface area contributed by atoms with Crippen molar-refractivity contribution in [3.05, 3.63) is 11.8 Å². The molecule has 138 valence electrons. The van der Waals surface area contributed by atoms with Gasteiger partial charge in [-0.2, -0.15) is 4.98 Å². The lowest BCUT2D eigenvalue weighted by atomic mass is 9.82. The van der Waals surface area contributed by atoms with E-state index in [2.05, 4.69) is 27.5 Å². The third-order valence-electron chi connectivity index (χ3n) is 5.18. The number of nitrogens with zero attached hydrogens (tertiary/aromatic N) is 2. The van der Waals surface area contributed by atoms with Crippen molar-refractivity contribution in [2.45, 2.75) is 70.6 Å². The highest BCUT2D eigenvalue weighted by Crippen LogP contribution is 2.30. The van der Waals surface area contributed by atoms with Crippen LogP contribution in [0, 0.1) is 5.92 Å². The molecule has 7 nitrogen and oxygen atoms in total. The first kappa shape index (κ1) is 17.9. The van der Waals surface area contributed by atoms with E-state index in [1.807, 2.05) is 6.92 Å². The first-order valence-corrected chi connectivity index (χ1v) is 9.36. The van der Waals surface area contributed by atoms with Gasteiger partial charge in [0.2, 0.25) is 5.95 Å². The number of nitrogens with two attached hydrogens (primary N) is 1. The quantitative estimate of drug-likeness (QED) is 0.700. The summed E-state index contributed by atoms with van der Waals surface area (Å²) >= 11 is 0. The van der Waals surface area contributed by atoms with E-state index >= 15 is 0 Å². The molecule has 0 radical (unpaired) electrons. The first-order valence-electron chi connectivity index (χ1n) is 9.36. The highest BCUT2D eigenvalue weighted by atomic mass is 16.5. The monoisotopic (exact) mass is 347 g/mol. The molecule has 2 aliphatic carbocycles. The Balaban J connectivity index is 1.62. The molecule has 0 spiro atoms. The predicted molar refractivity (Wildman–Crippen MR) is 97.7 cm³/mol. The molecule has 1 heterocycles. The van der Waals surface area contributed by atoms with Crippen molar-refractivity contribution in [1.29, 1.82) is 0 Å². The van der Waals surface area contributed by atoms with E-state index in [1.165, 1.54) is 6.20 Å². The second-order valence-corrected chi connectivity index (χ2v) is 7.31. The number of nitrogens with one attached hydrogen (secondary N) is 2. The summed E-state index contributed by atoms with van der Waals surface area (Å²) in [6.45, 7) is 5.03. The third-order valence-corrected chi connectivity index (χ3v) is 5.18. The maximum atomic E-state index is 11.6. The van der Waals surface area contributed by atoms with Crippen LogP contribution in [0.1, 0.15) is 62.7 Å². The fraction of sp³-hybridized carbons (Fsp3) is 0.722. The number of carbonyl (C=O) groups is 1. The van der Waals surface area contributed by atoms with Crippen molar-refractivity contribution in [1.82, 2.24) is 9.97 Å². The molecular formula is C18H29N5O2. The van der Waals surface area contributed by atoms with Gasteiger partial charge in [-0.25, -0.2) is 4.98 Å². The Morgan fingerprint density at radius 1 is 1.24 bits per heavy atom. The number of carbonyl (C=O) groups excluding carboxylic acids is 1. The number of aromatic nitrogens is 2. The lowest BCUT2D eigenvalue weighted by Crippen LogP contribution is -2.35. The van der Waals surface area contributed by atoms with E-state index in [-0.39, 0.29) is 0 Å². The van der Waals surface area contributed by atoms with Crippen LogP contribution in [-0.2, 0) is 4.74 Å². The first-order chi connectivity index (χ1) is 12.0. The van der Waals surface area contributed by atoms with Crippen LogP contribution in [0.5, 0.6) is 0 Å². The van der Waals surface area contributed by atoms with Gasteiger partial charge in [0.1, 0.15) is 5.82 Å². The lowest BCUT2D eigenvalue weighted by Gasteiger charge is -2.34. The summed E-state index contributed by atoms with van der Waals surface area (Å²) in [5, 5.41) is 6.75. The van der Waals surface area contributed by atoms with Crippen LogP contribution < -0.4 is 16.4 Å². The zero-order valence-electron chi connectivity index (χ0n) is 15.1.